The number of aromatic nitrogens is 2. The number of carbonyl (C=O) groups is 1. The molecule has 8 nitrogen and oxygen atoms in total. The summed E-state index contributed by atoms with van der Waals surface area (Å²) in [4.78, 5) is 29.4. The SMILES string of the molecule is CN(Cc1cc([N+](=O)[O-])ccc1Cl)C(=O)CCc1nc(-c2cccs2)no1. The Morgan fingerprint density at radius 2 is 2.22 bits per heavy atom. The lowest BCUT2D eigenvalue weighted by molar-refractivity contribution is -0.384. The van der Waals surface area contributed by atoms with E-state index in [1.54, 1.807) is 7.05 Å². The van der Waals surface area contributed by atoms with Gasteiger partial charge >= 0.3 is 0 Å². The molecule has 0 bridgehead atoms. The summed E-state index contributed by atoms with van der Waals surface area (Å²) in [5.41, 5.74) is 0.446. The van der Waals surface area contributed by atoms with E-state index < -0.39 is 4.92 Å². The highest BCUT2D eigenvalue weighted by Gasteiger charge is 2.16. The van der Waals surface area contributed by atoms with Crippen molar-refractivity contribution in [3.8, 4) is 10.7 Å². The van der Waals surface area contributed by atoms with Crippen LogP contribution in [0, 0.1) is 10.1 Å². The van der Waals surface area contributed by atoms with Gasteiger partial charge in [0.1, 0.15) is 0 Å². The number of nitro groups is 1. The molecule has 0 aliphatic heterocycles. The summed E-state index contributed by atoms with van der Waals surface area (Å²) in [5, 5.41) is 17.1. The molecule has 0 aliphatic rings. The maximum absolute atomic E-state index is 12.3. The van der Waals surface area contributed by atoms with Crippen molar-refractivity contribution in [1.82, 2.24) is 15.0 Å². The molecule has 3 rings (SSSR count). The van der Waals surface area contributed by atoms with Gasteiger partial charge in [-0.15, -0.1) is 11.3 Å². The molecule has 2 aromatic heterocycles. The van der Waals surface area contributed by atoms with E-state index in [0.29, 0.717) is 28.7 Å². The van der Waals surface area contributed by atoms with Crippen LogP contribution in [0.2, 0.25) is 5.02 Å². The van der Waals surface area contributed by atoms with Crippen molar-refractivity contribution in [2.24, 2.45) is 0 Å². The van der Waals surface area contributed by atoms with Crippen LogP contribution in [0.4, 0.5) is 5.69 Å². The van der Waals surface area contributed by atoms with Gasteiger partial charge in [-0.05, 0) is 23.1 Å². The number of thiophene rings is 1. The molecule has 27 heavy (non-hydrogen) atoms. The lowest BCUT2D eigenvalue weighted by Gasteiger charge is -2.17. The number of amides is 1. The predicted octanol–water partition coefficient (Wildman–Crippen LogP) is 3.95. The zero-order chi connectivity index (χ0) is 19.4. The number of carbonyl (C=O) groups excluding carboxylic acids is 1. The molecule has 0 spiro atoms. The summed E-state index contributed by atoms with van der Waals surface area (Å²) in [6.07, 6.45) is 0.485. The van der Waals surface area contributed by atoms with Crippen LogP contribution < -0.4 is 0 Å². The number of halogens is 1. The monoisotopic (exact) mass is 406 g/mol. The first-order valence-corrected chi connectivity index (χ1v) is 9.23. The van der Waals surface area contributed by atoms with Crippen LogP contribution in [0.1, 0.15) is 17.9 Å². The van der Waals surface area contributed by atoms with Gasteiger partial charge in [0.05, 0.1) is 9.80 Å². The zero-order valence-electron chi connectivity index (χ0n) is 14.3. The highest BCUT2D eigenvalue weighted by molar-refractivity contribution is 7.13. The van der Waals surface area contributed by atoms with Crippen LogP contribution in [-0.4, -0.2) is 32.9 Å². The summed E-state index contributed by atoms with van der Waals surface area (Å²) in [7, 11) is 1.61. The molecule has 140 valence electrons. The van der Waals surface area contributed by atoms with Gasteiger partial charge in [0.15, 0.2) is 0 Å². The van der Waals surface area contributed by atoms with Gasteiger partial charge in [-0.25, -0.2) is 0 Å². The Morgan fingerprint density at radius 1 is 1.41 bits per heavy atom. The third-order valence-electron chi connectivity index (χ3n) is 3.84. The van der Waals surface area contributed by atoms with E-state index in [4.69, 9.17) is 16.1 Å². The third kappa shape index (κ3) is 4.69. The molecule has 0 saturated carbocycles. The first-order valence-electron chi connectivity index (χ1n) is 7.97. The van der Waals surface area contributed by atoms with Crippen molar-refractivity contribution in [2.75, 3.05) is 7.05 Å². The molecule has 0 aliphatic carbocycles. The molecule has 2 heterocycles. The van der Waals surface area contributed by atoms with E-state index >= 15 is 0 Å². The van der Waals surface area contributed by atoms with E-state index in [9.17, 15) is 14.9 Å². The molecule has 1 amide bonds. The van der Waals surface area contributed by atoms with Crippen LogP contribution in [0.25, 0.3) is 10.7 Å². The van der Waals surface area contributed by atoms with Crippen LogP contribution >= 0.6 is 22.9 Å². The molecule has 1 aromatic carbocycles. The Morgan fingerprint density at radius 3 is 2.93 bits per heavy atom. The third-order valence-corrected chi connectivity index (χ3v) is 5.07. The van der Waals surface area contributed by atoms with Gasteiger partial charge in [0.2, 0.25) is 17.6 Å². The first kappa shape index (κ1) is 19.0. The molecule has 0 N–H and O–H groups in total. The number of rotatable bonds is 7. The standard InChI is InChI=1S/C17H15ClN4O4S/c1-21(10-11-9-12(22(24)25)4-5-13(11)18)16(23)7-6-15-19-17(20-26-15)14-3-2-8-27-14/h2-5,8-9H,6-7,10H2,1H3. The maximum Gasteiger partial charge on any atom is 0.269 e. The zero-order valence-corrected chi connectivity index (χ0v) is 15.9. The fraction of sp³-hybridized carbons (Fsp3) is 0.235. The van der Waals surface area contributed by atoms with E-state index in [0.717, 1.165) is 4.88 Å². The number of nitro benzene ring substituents is 1. The Kier molecular flexibility index (Phi) is 5.82. The second-order valence-electron chi connectivity index (χ2n) is 5.77. The minimum atomic E-state index is -0.498. The Hall–Kier alpha value is -2.78. The van der Waals surface area contributed by atoms with Crippen LogP contribution in [0.5, 0.6) is 0 Å². The van der Waals surface area contributed by atoms with E-state index in [1.165, 1.54) is 34.4 Å². The molecule has 10 heteroatoms. The number of hydrogen-bond donors (Lipinski definition) is 0. The van der Waals surface area contributed by atoms with Crippen molar-refractivity contribution in [3.05, 3.63) is 62.3 Å². The van der Waals surface area contributed by atoms with Crippen molar-refractivity contribution in [1.29, 1.82) is 0 Å². The fourth-order valence-electron chi connectivity index (χ4n) is 2.41. The predicted molar refractivity (Wildman–Crippen MR) is 101 cm³/mol. The van der Waals surface area contributed by atoms with E-state index in [-0.39, 0.29) is 24.6 Å². The highest BCUT2D eigenvalue weighted by atomic mass is 35.5. The summed E-state index contributed by atoms with van der Waals surface area (Å²) in [5.74, 6) is 0.728. The van der Waals surface area contributed by atoms with Crippen LogP contribution in [0.3, 0.4) is 0 Å². The Labute approximate surface area is 163 Å². The number of nitrogens with zero attached hydrogens (tertiary/aromatic N) is 4. The smallest absolute Gasteiger partial charge is 0.269 e. The first-order chi connectivity index (χ1) is 12.9. The van der Waals surface area contributed by atoms with Gasteiger partial charge in [0.25, 0.3) is 5.69 Å². The maximum atomic E-state index is 12.3. The minimum absolute atomic E-state index is 0.0674. The number of benzene rings is 1. The highest BCUT2D eigenvalue weighted by Crippen LogP contribution is 2.24. The van der Waals surface area contributed by atoms with Crippen molar-refractivity contribution >= 4 is 34.5 Å². The largest absolute Gasteiger partial charge is 0.341 e. The lowest BCUT2D eigenvalue weighted by Crippen LogP contribution is -2.26. The van der Waals surface area contributed by atoms with Crippen LogP contribution in [-0.2, 0) is 17.8 Å². The summed E-state index contributed by atoms with van der Waals surface area (Å²) >= 11 is 7.59. The molecule has 0 unspecified atom stereocenters. The molecule has 0 radical (unpaired) electrons. The number of non-ortho nitro benzene ring substituents is 1. The van der Waals surface area contributed by atoms with Gasteiger partial charge in [0, 0.05) is 43.6 Å². The van der Waals surface area contributed by atoms with Crippen molar-refractivity contribution in [3.63, 3.8) is 0 Å². The minimum Gasteiger partial charge on any atom is -0.341 e. The summed E-state index contributed by atoms with van der Waals surface area (Å²) in [6, 6.07) is 7.94. The second-order valence-corrected chi connectivity index (χ2v) is 7.13. The molecular weight excluding hydrogens is 392 g/mol. The lowest BCUT2D eigenvalue weighted by atomic mass is 10.2. The Balaban J connectivity index is 1.58. The van der Waals surface area contributed by atoms with E-state index in [1.807, 2.05) is 17.5 Å². The topological polar surface area (TPSA) is 102 Å². The normalized spacial score (nSPS) is 10.7. The summed E-state index contributed by atoms with van der Waals surface area (Å²) < 4.78 is 5.18. The Bertz CT molecular complexity index is 958. The fourth-order valence-corrected chi connectivity index (χ4v) is 3.23. The molecule has 0 saturated heterocycles. The van der Waals surface area contributed by atoms with Gasteiger partial charge in [-0.2, -0.15) is 4.98 Å². The van der Waals surface area contributed by atoms with Crippen LogP contribution in [0.15, 0.2) is 40.2 Å². The quantitative estimate of drug-likeness (QED) is 0.434. The molecule has 0 atom stereocenters. The second kappa shape index (κ2) is 8.28. The molecule has 0 fully saturated rings. The molecular formula is C17H15ClN4O4S. The molecule has 3 aromatic rings. The number of aryl methyl sites for hydroxylation is 1. The van der Waals surface area contributed by atoms with Crippen molar-refractivity contribution in [2.45, 2.75) is 19.4 Å². The average molecular weight is 407 g/mol. The summed E-state index contributed by atoms with van der Waals surface area (Å²) in [6.45, 7) is 0.170. The average Bonchev–Trinajstić information content (AvgIpc) is 3.32. The van der Waals surface area contributed by atoms with Crippen molar-refractivity contribution < 1.29 is 14.2 Å². The number of hydrogen-bond acceptors (Lipinski definition) is 7. The van der Waals surface area contributed by atoms with Gasteiger partial charge in [-0.1, -0.05) is 22.8 Å². The van der Waals surface area contributed by atoms with E-state index in [2.05, 4.69) is 10.1 Å². The van der Waals surface area contributed by atoms with Gasteiger partial charge in [-0.3, -0.25) is 14.9 Å². The van der Waals surface area contributed by atoms with Gasteiger partial charge < -0.3 is 9.42 Å².